The zero-order valence-electron chi connectivity index (χ0n) is 12.7. The molecule has 6 heteroatoms. The van der Waals surface area contributed by atoms with Gasteiger partial charge in [0.05, 0.1) is 18.8 Å². The number of ether oxygens (including phenoxy) is 1. The van der Waals surface area contributed by atoms with E-state index in [-0.39, 0.29) is 12.5 Å². The first-order valence-corrected chi connectivity index (χ1v) is 6.31. The minimum Gasteiger partial charge on any atom is -0.465 e. The van der Waals surface area contributed by atoms with Gasteiger partial charge in [0.15, 0.2) is 0 Å². The summed E-state index contributed by atoms with van der Waals surface area (Å²) in [5, 5.41) is 0. The SMILES string of the molecule is C=C.C=Cc1ncnc(N)c1/C=C\C.CCOC(=O)CN. The van der Waals surface area contributed by atoms with Crippen LogP contribution in [0.4, 0.5) is 5.82 Å². The van der Waals surface area contributed by atoms with E-state index in [2.05, 4.69) is 34.4 Å². The van der Waals surface area contributed by atoms with Gasteiger partial charge >= 0.3 is 5.97 Å². The minimum atomic E-state index is -0.345. The van der Waals surface area contributed by atoms with E-state index in [1.807, 2.05) is 19.1 Å². The van der Waals surface area contributed by atoms with E-state index in [1.165, 1.54) is 6.33 Å². The molecular formula is C15H24N4O2. The Hall–Kier alpha value is -2.47. The summed E-state index contributed by atoms with van der Waals surface area (Å²) in [7, 11) is 0. The van der Waals surface area contributed by atoms with E-state index in [9.17, 15) is 4.79 Å². The molecule has 0 fully saturated rings. The van der Waals surface area contributed by atoms with Crippen LogP contribution in [0.3, 0.4) is 0 Å². The zero-order valence-corrected chi connectivity index (χ0v) is 12.7. The number of carbonyl (C=O) groups excluding carboxylic acids is 1. The highest BCUT2D eigenvalue weighted by Gasteiger charge is 2.00. The van der Waals surface area contributed by atoms with E-state index >= 15 is 0 Å². The van der Waals surface area contributed by atoms with Crippen molar-refractivity contribution in [3.63, 3.8) is 0 Å². The number of carbonyl (C=O) groups is 1. The second-order valence-corrected chi connectivity index (χ2v) is 3.27. The Morgan fingerprint density at radius 3 is 2.43 bits per heavy atom. The molecule has 0 aliphatic heterocycles. The van der Waals surface area contributed by atoms with Gasteiger partial charge < -0.3 is 16.2 Å². The number of allylic oxidation sites excluding steroid dienone is 1. The summed E-state index contributed by atoms with van der Waals surface area (Å²) in [5.41, 5.74) is 12.1. The predicted octanol–water partition coefficient (Wildman–Crippen LogP) is 2.05. The topological polar surface area (TPSA) is 104 Å². The number of nitrogen functional groups attached to an aromatic ring is 1. The van der Waals surface area contributed by atoms with Crippen LogP contribution in [0.25, 0.3) is 12.2 Å². The molecule has 1 aromatic heterocycles. The monoisotopic (exact) mass is 292 g/mol. The molecule has 0 saturated heterocycles. The third-order valence-corrected chi connectivity index (χ3v) is 1.94. The second kappa shape index (κ2) is 14.0. The average molecular weight is 292 g/mol. The van der Waals surface area contributed by atoms with Crippen molar-refractivity contribution >= 4 is 23.9 Å². The molecule has 0 saturated carbocycles. The molecule has 6 nitrogen and oxygen atoms in total. The molecule has 0 aromatic carbocycles. The summed E-state index contributed by atoms with van der Waals surface area (Å²) in [6.45, 7) is 13.7. The number of anilines is 1. The van der Waals surface area contributed by atoms with E-state index in [1.54, 1.807) is 13.0 Å². The van der Waals surface area contributed by atoms with Gasteiger partial charge in [0.1, 0.15) is 12.1 Å². The van der Waals surface area contributed by atoms with Gasteiger partial charge in [-0.15, -0.1) is 13.2 Å². The molecule has 0 bridgehead atoms. The highest BCUT2D eigenvalue weighted by Crippen LogP contribution is 2.14. The Kier molecular flexibility index (Phi) is 13.8. The van der Waals surface area contributed by atoms with E-state index in [4.69, 9.17) is 11.5 Å². The summed E-state index contributed by atoms with van der Waals surface area (Å²) in [6.07, 6.45) is 6.85. The standard InChI is InChI=1S/C9H11N3.C4H9NO2.C2H4/c1-3-5-7-8(4-2)11-6-12-9(7)10;1-2-7-4(6)3-5;1-2/h3-6H,2H2,1H3,(H2,10,11,12);2-3,5H2,1H3;1-2H2/b5-3-;;. The van der Waals surface area contributed by atoms with Gasteiger partial charge in [-0.1, -0.05) is 18.7 Å². The molecule has 1 aromatic rings. The summed E-state index contributed by atoms with van der Waals surface area (Å²) >= 11 is 0. The fraction of sp³-hybridized carbons (Fsp3) is 0.267. The molecule has 4 N–H and O–H groups in total. The average Bonchev–Trinajstić information content (AvgIpc) is 2.52. The van der Waals surface area contributed by atoms with Crippen LogP contribution >= 0.6 is 0 Å². The first-order valence-electron chi connectivity index (χ1n) is 6.31. The Morgan fingerprint density at radius 1 is 1.43 bits per heavy atom. The van der Waals surface area contributed by atoms with Crippen molar-refractivity contribution in [1.82, 2.24) is 9.97 Å². The van der Waals surface area contributed by atoms with Crippen molar-refractivity contribution in [3.8, 4) is 0 Å². The van der Waals surface area contributed by atoms with Crippen molar-refractivity contribution in [3.05, 3.63) is 43.4 Å². The number of rotatable bonds is 4. The highest BCUT2D eigenvalue weighted by molar-refractivity contribution is 5.71. The van der Waals surface area contributed by atoms with Gasteiger partial charge in [-0.2, -0.15) is 0 Å². The third kappa shape index (κ3) is 9.12. The maximum absolute atomic E-state index is 10.1. The lowest BCUT2D eigenvalue weighted by molar-refractivity contribution is -0.141. The van der Waals surface area contributed by atoms with Gasteiger partial charge in [0, 0.05) is 5.56 Å². The van der Waals surface area contributed by atoms with Gasteiger partial charge in [-0.25, -0.2) is 9.97 Å². The maximum Gasteiger partial charge on any atom is 0.319 e. The summed E-state index contributed by atoms with van der Waals surface area (Å²) < 4.78 is 4.43. The molecule has 1 heterocycles. The fourth-order valence-corrected chi connectivity index (χ4v) is 1.14. The summed E-state index contributed by atoms with van der Waals surface area (Å²) in [4.78, 5) is 18.0. The highest BCUT2D eigenvalue weighted by atomic mass is 16.5. The van der Waals surface area contributed by atoms with Crippen LogP contribution in [0, 0.1) is 0 Å². The van der Waals surface area contributed by atoms with Gasteiger partial charge in [-0.3, -0.25) is 4.79 Å². The molecule has 116 valence electrons. The molecule has 0 aliphatic carbocycles. The minimum absolute atomic E-state index is 0.0200. The lowest BCUT2D eigenvalue weighted by atomic mass is 10.2. The molecule has 0 radical (unpaired) electrons. The molecule has 0 amide bonds. The van der Waals surface area contributed by atoms with Crippen LogP contribution in [0.2, 0.25) is 0 Å². The molecule has 21 heavy (non-hydrogen) atoms. The summed E-state index contributed by atoms with van der Waals surface area (Å²) in [6, 6.07) is 0. The van der Waals surface area contributed by atoms with Crippen molar-refractivity contribution in [1.29, 1.82) is 0 Å². The van der Waals surface area contributed by atoms with Crippen molar-refractivity contribution in [2.24, 2.45) is 5.73 Å². The fourth-order valence-electron chi connectivity index (χ4n) is 1.14. The van der Waals surface area contributed by atoms with E-state index < -0.39 is 0 Å². The summed E-state index contributed by atoms with van der Waals surface area (Å²) in [5.74, 6) is 0.139. The van der Waals surface area contributed by atoms with Crippen LogP contribution in [0.15, 0.2) is 32.1 Å². The lowest BCUT2D eigenvalue weighted by Gasteiger charge is -2.01. The number of nitrogens with two attached hydrogens (primary N) is 2. The molecular weight excluding hydrogens is 268 g/mol. The van der Waals surface area contributed by atoms with Crippen molar-refractivity contribution < 1.29 is 9.53 Å². The molecule has 1 rings (SSSR count). The Bertz CT molecular complexity index is 459. The first-order chi connectivity index (χ1) is 10.1. The van der Waals surface area contributed by atoms with E-state index in [0.29, 0.717) is 12.4 Å². The third-order valence-electron chi connectivity index (χ3n) is 1.94. The zero-order chi connectivity index (χ0) is 16.7. The number of hydrogen-bond donors (Lipinski definition) is 2. The number of hydrogen-bond acceptors (Lipinski definition) is 6. The Morgan fingerprint density at radius 2 is 2.05 bits per heavy atom. The normalized spacial score (nSPS) is 8.90. The van der Waals surface area contributed by atoms with Crippen LogP contribution in [0.5, 0.6) is 0 Å². The van der Waals surface area contributed by atoms with Crippen molar-refractivity contribution in [2.45, 2.75) is 13.8 Å². The molecule has 0 aliphatic rings. The lowest BCUT2D eigenvalue weighted by Crippen LogP contribution is -2.16. The Labute approximate surface area is 126 Å². The van der Waals surface area contributed by atoms with Crippen molar-refractivity contribution in [2.75, 3.05) is 18.9 Å². The van der Waals surface area contributed by atoms with Gasteiger partial charge in [0.2, 0.25) is 0 Å². The maximum atomic E-state index is 10.1. The number of esters is 1. The quantitative estimate of drug-likeness (QED) is 0.650. The van der Waals surface area contributed by atoms with E-state index in [0.717, 1.165) is 11.3 Å². The Balaban J connectivity index is 0. The van der Waals surface area contributed by atoms with Crippen LogP contribution < -0.4 is 11.5 Å². The molecule has 0 unspecified atom stereocenters. The number of nitrogens with zero attached hydrogens (tertiary/aromatic N) is 2. The van der Waals surface area contributed by atoms with Gasteiger partial charge in [-0.05, 0) is 19.9 Å². The van der Waals surface area contributed by atoms with Crippen LogP contribution in [-0.2, 0) is 9.53 Å². The van der Waals surface area contributed by atoms with Crippen LogP contribution in [-0.4, -0.2) is 29.1 Å². The van der Waals surface area contributed by atoms with Crippen LogP contribution in [0.1, 0.15) is 25.1 Å². The number of aromatic nitrogens is 2. The predicted molar refractivity (Wildman–Crippen MR) is 88.2 cm³/mol. The first kappa shape index (κ1) is 20.8. The second-order valence-electron chi connectivity index (χ2n) is 3.27. The largest absolute Gasteiger partial charge is 0.465 e. The molecule has 0 spiro atoms. The van der Waals surface area contributed by atoms with Gasteiger partial charge in [0.25, 0.3) is 0 Å². The molecule has 0 atom stereocenters. The smallest absolute Gasteiger partial charge is 0.319 e.